The number of methoxy groups -OCH3 is 1. The molecule has 5 aliphatic carbocycles. The number of fused-ring (bicyclic) bond motifs is 7. The maximum absolute atomic E-state index is 13.3. The number of carbonyl (C=O) groups excluding carboxylic acids is 1. The van der Waals surface area contributed by atoms with Crippen LogP contribution in [-0.4, -0.2) is 24.0 Å². The van der Waals surface area contributed by atoms with Crippen LogP contribution in [0.3, 0.4) is 0 Å². The summed E-state index contributed by atoms with van der Waals surface area (Å²) in [6.45, 7) is 12.3. The number of nitrogens with zero attached hydrogens (tertiary/aromatic N) is 1. The smallest absolute Gasteiger partial charge is 0.312 e. The van der Waals surface area contributed by atoms with Gasteiger partial charge in [0.1, 0.15) is 0 Å². The first-order valence-electron chi connectivity index (χ1n) is 13.0. The molecule has 0 aromatic rings. The van der Waals surface area contributed by atoms with Gasteiger partial charge >= 0.3 is 5.97 Å². The van der Waals surface area contributed by atoms with E-state index in [1.165, 1.54) is 6.42 Å². The van der Waals surface area contributed by atoms with Crippen molar-refractivity contribution in [3.05, 3.63) is 11.6 Å². The van der Waals surface area contributed by atoms with Gasteiger partial charge in [-0.2, -0.15) is 0 Å². The first kappa shape index (κ1) is 22.5. The van der Waals surface area contributed by atoms with Crippen LogP contribution in [-0.2, 0) is 9.53 Å². The molecule has 0 heterocycles. The molecule has 0 aromatic heterocycles. The summed E-state index contributed by atoms with van der Waals surface area (Å²) in [5.41, 5.74) is 3.11. The Morgan fingerprint density at radius 3 is 2.44 bits per heavy atom. The Bertz CT molecular complexity index is 889. The normalized spacial score (nSPS) is 50.5. The summed E-state index contributed by atoms with van der Waals surface area (Å²) in [7, 11) is 1.58. The topological polar surface area (TPSA) is 58.9 Å². The molecule has 32 heavy (non-hydrogen) atoms. The van der Waals surface area contributed by atoms with Crippen LogP contribution in [0.25, 0.3) is 0 Å². The number of oxime groups is 1. The lowest BCUT2D eigenvalue weighted by molar-refractivity contribution is -0.173. The van der Waals surface area contributed by atoms with Crippen molar-refractivity contribution in [1.29, 1.82) is 0 Å². The van der Waals surface area contributed by atoms with Gasteiger partial charge in [0.15, 0.2) is 0 Å². The Labute approximate surface area is 194 Å². The van der Waals surface area contributed by atoms with Crippen molar-refractivity contribution < 1.29 is 14.7 Å². The van der Waals surface area contributed by atoms with E-state index in [0.29, 0.717) is 17.8 Å². The van der Waals surface area contributed by atoms with Crippen molar-refractivity contribution in [2.24, 2.45) is 50.0 Å². The molecule has 4 fully saturated rings. The summed E-state index contributed by atoms with van der Waals surface area (Å²) < 4.78 is 5.46. The summed E-state index contributed by atoms with van der Waals surface area (Å²) in [5.74, 6) is 1.36. The van der Waals surface area contributed by atoms with Crippen molar-refractivity contribution in [1.82, 2.24) is 0 Å². The SMILES string of the molecule is COC(=O)[C@]12CCC(C)(C)C[C@H]1C1=CC[C@@H]3[C@@]4(C)CC/C(=N\O)[C@@H]4CC[C@@]3(C)[C@]1(C)CC2. The van der Waals surface area contributed by atoms with Gasteiger partial charge in [0, 0.05) is 5.92 Å². The number of rotatable bonds is 1. The highest BCUT2D eigenvalue weighted by Crippen LogP contribution is 2.74. The van der Waals surface area contributed by atoms with Crippen molar-refractivity contribution in [2.45, 2.75) is 98.8 Å². The zero-order valence-corrected chi connectivity index (χ0v) is 21.1. The Kier molecular flexibility index (Phi) is 4.81. The molecule has 4 nitrogen and oxygen atoms in total. The molecule has 178 valence electrons. The van der Waals surface area contributed by atoms with Gasteiger partial charge in [0.05, 0.1) is 18.2 Å². The minimum atomic E-state index is -0.329. The zero-order valence-electron chi connectivity index (χ0n) is 21.1. The lowest BCUT2D eigenvalue weighted by atomic mass is 9.36. The average Bonchev–Trinajstić information content (AvgIpc) is 3.09. The second-order valence-electron chi connectivity index (χ2n) is 13.5. The summed E-state index contributed by atoms with van der Waals surface area (Å²) in [6.07, 6.45) is 13.3. The lowest BCUT2D eigenvalue weighted by Gasteiger charge is -2.68. The highest BCUT2D eigenvalue weighted by Gasteiger charge is 2.68. The van der Waals surface area contributed by atoms with E-state index >= 15 is 0 Å². The van der Waals surface area contributed by atoms with Crippen LogP contribution in [0.4, 0.5) is 0 Å². The Balaban J connectivity index is 1.60. The molecule has 5 rings (SSSR count). The third-order valence-electron chi connectivity index (χ3n) is 11.9. The zero-order chi connectivity index (χ0) is 23.2. The van der Waals surface area contributed by atoms with E-state index in [9.17, 15) is 10.0 Å². The molecule has 1 N–H and O–H groups in total. The molecule has 0 radical (unpaired) electrons. The van der Waals surface area contributed by atoms with E-state index in [-0.39, 0.29) is 33.0 Å². The van der Waals surface area contributed by atoms with Crippen LogP contribution in [0.2, 0.25) is 0 Å². The van der Waals surface area contributed by atoms with Gasteiger partial charge in [-0.1, -0.05) is 51.4 Å². The molecule has 0 bridgehead atoms. The average molecular weight is 442 g/mol. The Morgan fingerprint density at radius 1 is 1.03 bits per heavy atom. The van der Waals surface area contributed by atoms with Crippen LogP contribution in [0.1, 0.15) is 98.8 Å². The van der Waals surface area contributed by atoms with Crippen molar-refractivity contribution in [3.8, 4) is 0 Å². The van der Waals surface area contributed by atoms with E-state index in [0.717, 1.165) is 63.5 Å². The van der Waals surface area contributed by atoms with Crippen LogP contribution < -0.4 is 0 Å². The highest BCUT2D eigenvalue weighted by molar-refractivity contribution is 5.89. The molecule has 4 heteroatoms. The Morgan fingerprint density at radius 2 is 1.75 bits per heavy atom. The molecular weight excluding hydrogens is 398 g/mol. The molecule has 7 atom stereocenters. The minimum Gasteiger partial charge on any atom is -0.469 e. The van der Waals surface area contributed by atoms with Crippen LogP contribution in [0.5, 0.6) is 0 Å². The summed E-state index contributed by atoms with van der Waals surface area (Å²) >= 11 is 0. The van der Waals surface area contributed by atoms with Gasteiger partial charge < -0.3 is 9.94 Å². The quantitative estimate of drug-likeness (QED) is 0.211. The van der Waals surface area contributed by atoms with Crippen LogP contribution >= 0.6 is 0 Å². The second-order valence-corrected chi connectivity index (χ2v) is 13.5. The van der Waals surface area contributed by atoms with Gasteiger partial charge in [0.2, 0.25) is 0 Å². The number of hydrogen-bond acceptors (Lipinski definition) is 4. The number of ether oxygens (including phenoxy) is 1. The fourth-order valence-corrected chi connectivity index (χ4v) is 9.77. The lowest BCUT2D eigenvalue weighted by Crippen LogP contribution is -2.62. The predicted octanol–water partition coefficient (Wildman–Crippen LogP) is 6.77. The third-order valence-corrected chi connectivity index (χ3v) is 11.9. The van der Waals surface area contributed by atoms with E-state index in [1.807, 2.05) is 0 Å². The minimum absolute atomic E-state index is 0.0310. The monoisotopic (exact) mass is 441 g/mol. The molecule has 0 amide bonds. The van der Waals surface area contributed by atoms with Gasteiger partial charge in [-0.15, -0.1) is 0 Å². The molecule has 4 saturated carbocycles. The maximum atomic E-state index is 13.3. The number of carbonyl (C=O) groups is 1. The molecular formula is C28H43NO3. The van der Waals surface area contributed by atoms with E-state index in [4.69, 9.17) is 4.74 Å². The molecule has 0 aliphatic heterocycles. The fourth-order valence-electron chi connectivity index (χ4n) is 9.77. The molecule has 0 spiro atoms. The fraction of sp³-hybridized carbons (Fsp3) is 0.857. The molecule has 0 aromatic carbocycles. The van der Waals surface area contributed by atoms with Gasteiger partial charge in [-0.25, -0.2) is 0 Å². The highest BCUT2D eigenvalue weighted by atomic mass is 16.5. The summed E-state index contributed by atoms with van der Waals surface area (Å²) in [4.78, 5) is 13.3. The number of esters is 1. The maximum Gasteiger partial charge on any atom is 0.312 e. The van der Waals surface area contributed by atoms with Crippen molar-refractivity contribution >= 4 is 11.7 Å². The molecule has 0 saturated heterocycles. The van der Waals surface area contributed by atoms with E-state index in [2.05, 4.69) is 45.9 Å². The molecule has 0 unspecified atom stereocenters. The number of allylic oxidation sites excluding steroid dienone is 2. The van der Waals surface area contributed by atoms with Gasteiger partial charge in [-0.05, 0) is 97.7 Å². The van der Waals surface area contributed by atoms with Crippen LogP contribution in [0, 0.1) is 44.8 Å². The van der Waals surface area contributed by atoms with Crippen molar-refractivity contribution in [3.63, 3.8) is 0 Å². The van der Waals surface area contributed by atoms with E-state index in [1.54, 1.807) is 12.7 Å². The summed E-state index contributed by atoms with van der Waals surface area (Å²) in [5, 5.41) is 13.4. The van der Waals surface area contributed by atoms with E-state index < -0.39 is 0 Å². The van der Waals surface area contributed by atoms with Gasteiger partial charge in [0.25, 0.3) is 0 Å². The third kappa shape index (κ3) is 2.61. The van der Waals surface area contributed by atoms with Gasteiger partial charge in [-0.3, -0.25) is 4.79 Å². The largest absolute Gasteiger partial charge is 0.469 e. The molecule has 5 aliphatic rings. The standard InChI is InChI=1S/C28H43NO3/c1-24(2)13-15-28(23(30)32-6)16-14-26(4)18(20(28)17-24)7-8-22-25(3)11-10-21(29-31)19(25)9-12-27(22,26)5/h7,19-20,22,31H,8-17H2,1-6H3/b29-21+/t19-,20-,22+,25-,26+,27+,28-/m0/s1. The van der Waals surface area contributed by atoms with Crippen LogP contribution in [0.15, 0.2) is 16.8 Å². The number of hydrogen-bond donors (Lipinski definition) is 1. The first-order chi connectivity index (χ1) is 15.0. The predicted molar refractivity (Wildman–Crippen MR) is 126 cm³/mol. The second kappa shape index (κ2) is 6.85. The van der Waals surface area contributed by atoms with Crippen molar-refractivity contribution in [2.75, 3.05) is 7.11 Å². The summed E-state index contributed by atoms with van der Waals surface area (Å²) in [6, 6.07) is 0. The Hall–Kier alpha value is -1.32. The first-order valence-corrected chi connectivity index (χ1v) is 13.0.